The van der Waals surface area contributed by atoms with Crippen LogP contribution in [0.2, 0.25) is 0 Å². The second-order valence-corrected chi connectivity index (χ2v) is 6.91. The predicted octanol–water partition coefficient (Wildman–Crippen LogP) is 4.85. The lowest BCUT2D eigenvalue weighted by Crippen LogP contribution is -2.26. The first-order valence-corrected chi connectivity index (χ1v) is 9.31. The zero-order valence-corrected chi connectivity index (χ0v) is 15.4. The van der Waals surface area contributed by atoms with E-state index in [1.807, 2.05) is 67.6 Å². The highest BCUT2D eigenvalue weighted by atomic mass is 16.6. The minimum absolute atomic E-state index is 0.201. The quantitative estimate of drug-likeness (QED) is 0.558. The van der Waals surface area contributed by atoms with Crippen LogP contribution in [0.4, 0.5) is 0 Å². The van der Waals surface area contributed by atoms with Crippen molar-refractivity contribution >= 4 is 27.6 Å². The molecule has 1 aliphatic rings. The average molecular weight is 373 g/mol. The van der Waals surface area contributed by atoms with E-state index in [-0.39, 0.29) is 11.9 Å². The summed E-state index contributed by atoms with van der Waals surface area (Å²) < 4.78 is 17.0. The number of hydrogen-bond donors (Lipinski definition) is 1. The number of benzene rings is 3. The van der Waals surface area contributed by atoms with E-state index >= 15 is 0 Å². The van der Waals surface area contributed by atoms with E-state index in [0.717, 1.165) is 27.5 Å². The van der Waals surface area contributed by atoms with Crippen LogP contribution in [0.15, 0.2) is 65.1 Å². The number of ether oxygens (including phenoxy) is 2. The molecular weight excluding hydrogens is 354 g/mol. The predicted molar refractivity (Wildman–Crippen MR) is 107 cm³/mol. The Morgan fingerprint density at radius 3 is 2.64 bits per heavy atom. The molecule has 0 bridgehead atoms. The molecule has 0 unspecified atom stereocenters. The summed E-state index contributed by atoms with van der Waals surface area (Å²) >= 11 is 0. The molecule has 1 aromatic heterocycles. The molecule has 5 heteroatoms. The van der Waals surface area contributed by atoms with Gasteiger partial charge in [0.05, 0.1) is 6.04 Å². The Balaban J connectivity index is 1.41. The van der Waals surface area contributed by atoms with E-state index in [2.05, 4.69) is 5.32 Å². The zero-order valence-electron chi connectivity index (χ0n) is 15.4. The third-order valence-corrected chi connectivity index (χ3v) is 5.06. The molecule has 0 saturated heterocycles. The number of fused-ring (bicyclic) bond motifs is 4. The zero-order chi connectivity index (χ0) is 19.1. The highest BCUT2D eigenvalue weighted by molar-refractivity contribution is 6.08. The molecule has 0 aliphatic carbocycles. The van der Waals surface area contributed by atoms with E-state index in [1.165, 1.54) is 0 Å². The summed E-state index contributed by atoms with van der Waals surface area (Å²) in [4.78, 5) is 12.8. The van der Waals surface area contributed by atoms with Gasteiger partial charge in [0.25, 0.3) is 5.91 Å². The van der Waals surface area contributed by atoms with Gasteiger partial charge in [-0.1, -0.05) is 36.4 Å². The SMILES string of the molecule is C[C@H](NC(=O)c1cc2c(ccc3ccccc32)o1)c1ccc2c(c1)OCCO2. The molecule has 1 amide bonds. The lowest BCUT2D eigenvalue weighted by atomic mass is 10.1. The standard InChI is InChI=1S/C23H19NO4/c1-14(16-7-9-20-21(12-16)27-11-10-26-20)24-23(25)22-13-18-17-5-3-2-4-15(17)6-8-19(18)28-22/h2-9,12-14H,10-11H2,1H3,(H,24,25)/t14-/m0/s1. The van der Waals surface area contributed by atoms with Crippen molar-refractivity contribution in [2.24, 2.45) is 0 Å². The Kier molecular flexibility index (Phi) is 3.93. The maximum Gasteiger partial charge on any atom is 0.287 e. The molecule has 3 aromatic carbocycles. The van der Waals surface area contributed by atoms with Gasteiger partial charge in [-0.2, -0.15) is 0 Å². The van der Waals surface area contributed by atoms with Crippen LogP contribution in [0.3, 0.4) is 0 Å². The van der Waals surface area contributed by atoms with Crippen molar-refractivity contribution in [2.75, 3.05) is 13.2 Å². The highest BCUT2D eigenvalue weighted by Crippen LogP contribution is 2.33. The topological polar surface area (TPSA) is 60.7 Å². The van der Waals surface area contributed by atoms with Crippen LogP contribution in [0, 0.1) is 0 Å². The Hall–Kier alpha value is -3.47. The monoisotopic (exact) mass is 373 g/mol. The molecule has 0 saturated carbocycles. The summed E-state index contributed by atoms with van der Waals surface area (Å²) in [6.07, 6.45) is 0. The number of amides is 1. The van der Waals surface area contributed by atoms with Gasteiger partial charge in [0, 0.05) is 5.39 Å². The van der Waals surface area contributed by atoms with Crippen molar-refractivity contribution < 1.29 is 18.7 Å². The summed E-state index contributed by atoms with van der Waals surface area (Å²) in [6.45, 7) is 3.02. The fraction of sp³-hybridized carbons (Fsp3) is 0.174. The normalized spacial score (nSPS) is 14.2. The van der Waals surface area contributed by atoms with Crippen molar-refractivity contribution in [3.63, 3.8) is 0 Å². The molecule has 4 aromatic rings. The summed E-state index contributed by atoms with van der Waals surface area (Å²) in [5, 5.41) is 6.13. The summed E-state index contributed by atoms with van der Waals surface area (Å²) in [7, 11) is 0. The van der Waals surface area contributed by atoms with E-state index in [1.54, 1.807) is 0 Å². The molecular formula is C23H19NO4. The molecule has 5 nitrogen and oxygen atoms in total. The first-order chi connectivity index (χ1) is 13.7. The second-order valence-electron chi connectivity index (χ2n) is 6.91. The van der Waals surface area contributed by atoms with Crippen LogP contribution in [0.5, 0.6) is 11.5 Å². The molecule has 1 atom stereocenters. The van der Waals surface area contributed by atoms with Gasteiger partial charge >= 0.3 is 0 Å². The lowest BCUT2D eigenvalue weighted by Gasteiger charge is -2.20. The van der Waals surface area contributed by atoms with E-state index in [9.17, 15) is 4.79 Å². The minimum atomic E-state index is -0.248. The van der Waals surface area contributed by atoms with Crippen molar-refractivity contribution in [1.29, 1.82) is 0 Å². The Bertz CT molecular complexity index is 1190. The van der Waals surface area contributed by atoms with Gasteiger partial charge < -0.3 is 19.2 Å². The average Bonchev–Trinajstić information content (AvgIpc) is 3.18. The fourth-order valence-corrected chi connectivity index (χ4v) is 3.58. The summed E-state index contributed by atoms with van der Waals surface area (Å²) in [5.41, 5.74) is 1.65. The number of nitrogens with one attached hydrogen (secondary N) is 1. The molecule has 0 radical (unpaired) electrons. The number of carbonyl (C=O) groups excluding carboxylic acids is 1. The molecule has 0 spiro atoms. The number of carbonyl (C=O) groups is 1. The van der Waals surface area contributed by atoms with Crippen molar-refractivity contribution in [3.05, 3.63) is 72.0 Å². The molecule has 0 fully saturated rings. The number of hydrogen-bond acceptors (Lipinski definition) is 4. The van der Waals surface area contributed by atoms with Gasteiger partial charge in [0.2, 0.25) is 0 Å². The van der Waals surface area contributed by atoms with Gasteiger partial charge in [-0.15, -0.1) is 0 Å². The molecule has 1 aliphatic heterocycles. The van der Waals surface area contributed by atoms with Crippen LogP contribution < -0.4 is 14.8 Å². The largest absolute Gasteiger partial charge is 0.486 e. The second kappa shape index (κ2) is 6.60. The van der Waals surface area contributed by atoms with Crippen LogP contribution in [-0.2, 0) is 0 Å². The van der Waals surface area contributed by atoms with Gasteiger partial charge in [-0.25, -0.2) is 0 Å². The summed E-state index contributed by atoms with van der Waals surface area (Å²) in [5.74, 6) is 1.50. The van der Waals surface area contributed by atoms with Gasteiger partial charge in [-0.05, 0) is 47.5 Å². The minimum Gasteiger partial charge on any atom is -0.486 e. The van der Waals surface area contributed by atoms with Gasteiger partial charge in [-0.3, -0.25) is 4.79 Å². The van der Waals surface area contributed by atoms with E-state index in [4.69, 9.17) is 13.9 Å². The maximum atomic E-state index is 12.8. The molecule has 28 heavy (non-hydrogen) atoms. The summed E-state index contributed by atoms with van der Waals surface area (Å²) in [6, 6.07) is 19.3. The Labute approximate surface area is 161 Å². The maximum absolute atomic E-state index is 12.8. The van der Waals surface area contributed by atoms with E-state index in [0.29, 0.717) is 30.3 Å². The molecule has 5 rings (SSSR count). The van der Waals surface area contributed by atoms with Crippen LogP contribution in [0.1, 0.15) is 29.1 Å². The van der Waals surface area contributed by atoms with Crippen molar-refractivity contribution in [2.45, 2.75) is 13.0 Å². The highest BCUT2D eigenvalue weighted by Gasteiger charge is 2.19. The third-order valence-electron chi connectivity index (χ3n) is 5.06. The van der Waals surface area contributed by atoms with Crippen molar-refractivity contribution in [3.8, 4) is 11.5 Å². The molecule has 140 valence electrons. The van der Waals surface area contributed by atoms with Crippen molar-refractivity contribution in [1.82, 2.24) is 5.32 Å². The number of furan rings is 1. The lowest BCUT2D eigenvalue weighted by molar-refractivity contribution is 0.0914. The molecule has 2 heterocycles. The first-order valence-electron chi connectivity index (χ1n) is 9.31. The smallest absolute Gasteiger partial charge is 0.287 e. The number of rotatable bonds is 3. The first kappa shape index (κ1) is 16.7. The third kappa shape index (κ3) is 2.85. The van der Waals surface area contributed by atoms with Crippen LogP contribution in [0.25, 0.3) is 21.7 Å². The van der Waals surface area contributed by atoms with Crippen LogP contribution in [-0.4, -0.2) is 19.1 Å². The fourth-order valence-electron chi connectivity index (χ4n) is 3.58. The Morgan fingerprint density at radius 1 is 0.929 bits per heavy atom. The van der Waals surface area contributed by atoms with Gasteiger partial charge in [0.15, 0.2) is 17.3 Å². The van der Waals surface area contributed by atoms with Crippen LogP contribution >= 0.6 is 0 Å². The van der Waals surface area contributed by atoms with E-state index < -0.39 is 0 Å². The van der Waals surface area contributed by atoms with Gasteiger partial charge in [0.1, 0.15) is 18.8 Å². The molecule has 1 N–H and O–H groups in total. The Morgan fingerprint density at radius 2 is 1.75 bits per heavy atom.